The third-order valence-corrected chi connectivity index (χ3v) is 6.47. The molecule has 0 aliphatic heterocycles. The maximum Gasteiger partial charge on any atom is 0.305 e. The molecule has 0 aromatic carbocycles. The second kappa shape index (κ2) is 24.0. The van der Waals surface area contributed by atoms with Crippen molar-refractivity contribution in [2.24, 2.45) is 0 Å². The molecule has 0 aliphatic carbocycles. The van der Waals surface area contributed by atoms with Gasteiger partial charge in [0.2, 0.25) is 0 Å². The molecule has 0 amide bonds. The van der Waals surface area contributed by atoms with Gasteiger partial charge in [-0.2, -0.15) is 0 Å². The lowest BCUT2D eigenvalue weighted by Gasteiger charge is -2.25. The highest BCUT2D eigenvalue weighted by molar-refractivity contribution is 5.69. The van der Waals surface area contributed by atoms with E-state index in [0.717, 1.165) is 19.3 Å². The first-order valence-electron chi connectivity index (χ1n) is 13.9. The van der Waals surface area contributed by atoms with Crippen molar-refractivity contribution in [2.75, 3.05) is 13.2 Å². The van der Waals surface area contributed by atoms with Crippen LogP contribution in [0.5, 0.6) is 0 Å². The summed E-state index contributed by atoms with van der Waals surface area (Å²) in [5, 5.41) is 47.0. The van der Waals surface area contributed by atoms with E-state index in [0.29, 0.717) is 0 Å². The van der Waals surface area contributed by atoms with Gasteiger partial charge in [0.25, 0.3) is 0 Å². The van der Waals surface area contributed by atoms with Gasteiger partial charge in [0.1, 0.15) is 31.0 Å². The number of unbranched alkanes of at least 4 members (excludes halogenated alkanes) is 17. The van der Waals surface area contributed by atoms with Crippen LogP contribution >= 0.6 is 0 Å². The van der Waals surface area contributed by atoms with E-state index in [4.69, 9.17) is 9.84 Å². The predicted octanol–water partition coefficient (Wildman–Crippen LogP) is 4.40. The molecule has 0 heterocycles. The zero-order valence-corrected chi connectivity index (χ0v) is 21.7. The van der Waals surface area contributed by atoms with Gasteiger partial charge in [-0.15, -0.1) is 0 Å². The molecule has 5 N–H and O–H groups in total. The molecule has 0 saturated heterocycles. The smallest absolute Gasteiger partial charge is 0.305 e. The maximum absolute atomic E-state index is 11.7. The summed E-state index contributed by atoms with van der Waals surface area (Å²) in [5.41, 5.74) is 0. The summed E-state index contributed by atoms with van der Waals surface area (Å²) < 4.78 is 4.92. The molecule has 7 heteroatoms. The minimum atomic E-state index is -1.71. The molecule has 7 nitrogen and oxygen atoms in total. The SMILES string of the molecule is CCCCCCCCCCCCCCCCCCCCC(=O)OC[C@H](O)[C@H](O)[C@@H](O)[C@@H](O)CO. The van der Waals surface area contributed by atoms with Gasteiger partial charge in [-0.05, 0) is 6.42 Å². The lowest BCUT2D eigenvalue weighted by molar-refractivity contribution is -0.156. The highest BCUT2D eigenvalue weighted by Crippen LogP contribution is 2.15. The molecule has 0 unspecified atom stereocenters. The minimum Gasteiger partial charge on any atom is -0.463 e. The average molecular weight is 491 g/mol. The Kier molecular flexibility index (Phi) is 23.5. The number of hydrogen-bond acceptors (Lipinski definition) is 7. The molecule has 34 heavy (non-hydrogen) atoms. The van der Waals surface area contributed by atoms with Crippen LogP contribution in [0.3, 0.4) is 0 Å². The number of rotatable bonds is 25. The summed E-state index contributed by atoms with van der Waals surface area (Å²) in [6.45, 7) is 1.05. The number of ether oxygens (including phenoxy) is 1. The van der Waals surface area contributed by atoms with Crippen LogP contribution in [0.2, 0.25) is 0 Å². The molecular formula is C27H54O7. The van der Waals surface area contributed by atoms with E-state index in [1.807, 2.05) is 0 Å². The second-order valence-electron chi connectivity index (χ2n) is 9.74. The van der Waals surface area contributed by atoms with Crippen molar-refractivity contribution >= 4 is 5.97 Å². The van der Waals surface area contributed by atoms with Gasteiger partial charge in [0.05, 0.1) is 6.61 Å². The third-order valence-electron chi connectivity index (χ3n) is 6.47. The van der Waals surface area contributed by atoms with Crippen molar-refractivity contribution < 1.29 is 35.1 Å². The molecule has 0 saturated carbocycles. The van der Waals surface area contributed by atoms with E-state index >= 15 is 0 Å². The molecule has 0 aliphatic rings. The third kappa shape index (κ3) is 19.6. The minimum absolute atomic E-state index is 0.253. The van der Waals surface area contributed by atoms with Crippen molar-refractivity contribution in [3.8, 4) is 0 Å². The fraction of sp³-hybridized carbons (Fsp3) is 0.963. The number of aliphatic hydroxyl groups excluding tert-OH is 5. The van der Waals surface area contributed by atoms with Gasteiger partial charge in [-0.3, -0.25) is 4.79 Å². The molecule has 0 bridgehead atoms. The van der Waals surface area contributed by atoms with E-state index < -0.39 is 43.6 Å². The van der Waals surface area contributed by atoms with Crippen molar-refractivity contribution in [2.45, 2.75) is 153 Å². The van der Waals surface area contributed by atoms with E-state index in [1.165, 1.54) is 96.3 Å². The van der Waals surface area contributed by atoms with E-state index in [1.54, 1.807) is 0 Å². The Hall–Kier alpha value is -0.730. The Labute approximate surface area is 207 Å². The molecular weight excluding hydrogens is 436 g/mol. The summed E-state index contributed by atoms with van der Waals surface area (Å²) in [4.78, 5) is 11.7. The normalized spacial score (nSPS) is 15.1. The molecule has 0 spiro atoms. The Morgan fingerprint density at radius 3 is 1.32 bits per heavy atom. The van der Waals surface area contributed by atoms with Gasteiger partial charge in [-0.1, -0.05) is 116 Å². The van der Waals surface area contributed by atoms with E-state index in [-0.39, 0.29) is 6.42 Å². The van der Waals surface area contributed by atoms with Crippen LogP contribution in [0.15, 0.2) is 0 Å². The summed E-state index contributed by atoms with van der Waals surface area (Å²) in [7, 11) is 0. The van der Waals surface area contributed by atoms with Crippen LogP contribution in [0.1, 0.15) is 129 Å². The number of carbonyl (C=O) groups is 1. The van der Waals surface area contributed by atoms with Crippen molar-refractivity contribution in [1.29, 1.82) is 0 Å². The lowest BCUT2D eigenvalue weighted by Crippen LogP contribution is -2.47. The fourth-order valence-electron chi connectivity index (χ4n) is 4.08. The number of esters is 1. The standard InChI is InChI=1S/C27H54O7/c1-2-3-4-5-6-7-8-9-10-11-12-13-14-15-16-17-18-19-20-25(31)34-22-24(30)27(33)26(32)23(29)21-28/h23-24,26-30,32-33H,2-22H2,1H3/t23-,24-,26-,27-/m0/s1. The van der Waals surface area contributed by atoms with Gasteiger partial charge in [-0.25, -0.2) is 0 Å². The predicted molar refractivity (Wildman–Crippen MR) is 135 cm³/mol. The number of aliphatic hydroxyl groups is 5. The summed E-state index contributed by atoms with van der Waals surface area (Å²) >= 11 is 0. The monoisotopic (exact) mass is 490 g/mol. The molecule has 4 atom stereocenters. The number of carbonyl (C=O) groups excluding carboxylic acids is 1. The zero-order chi connectivity index (χ0) is 25.4. The highest BCUT2D eigenvalue weighted by Gasteiger charge is 2.30. The van der Waals surface area contributed by atoms with Crippen LogP contribution in [0.25, 0.3) is 0 Å². The van der Waals surface area contributed by atoms with Gasteiger partial charge >= 0.3 is 5.97 Å². The van der Waals surface area contributed by atoms with Crippen LogP contribution in [-0.4, -0.2) is 69.1 Å². The Balaban J connectivity index is 3.40. The van der Waals surface area contributed by atoms with Crippen LogP contribution in [0, 0.1) is 0 Å². The van der Waals surface area contributed by atoms with Crippen molar-refractivity contribution in [3.63, 3.8) is 0 Å². The largest absolute Gasteiger partial charge is 0.463 e. The van der Waals surface area contributed by atoms with Gasteiger partial charge < -0.3 is 30.3 Å². The van der Waals surface area contributed by atoms with Gasteiger partial charge in [0, 0.05) is 6.42 Å². The lowest BCUT2D eigenvalue weighted by atomic mass is 10.0. The Morgan fingerprint density at radius 2 is 0.941 bits per heavy atom. The van der Waals surface area contributed by atoms with E-state index in [2.05, 4.69) is 6.92 Å². The Morgan fingerprint density at radius 1 is 0.588 bits per heavy atom. The van der Waals surface area contributed by atoms with Crippen LogP contribution in [-0.2, 0) is 9.53 Å². The molecule has 0 fully saturated rings. The summed E-state index contributed by atoms with van der Waals surface area (Å²) in [6, 6.07) is 0. The molecule has 0 rings (SSSR count). The highest BCUT2D eigenvalue weighted by atomic mass is 16.5. The summed E-state index contributed by atoms with van der Waals surface area (Å²) in [6.07, 6.45) is 16.8. The average Bonchev–Trinajstić information content (AvgIpc) is 2.84. The zero-order valence-electron chi connectivity index (χ0n) is 21.7. The first kappa shape index (κ1) is 33.3. The first-order valence-corrected chi connectivity index (χ1v) is 13.9. The first-order chi connectivity index (χ1) is 16.4. The van der Waals surface area contributed by atoms with Gasteiger partial charge in [0.15, 0.2) is 0 Å². The summed E-state index contributed by atoms with van der Waals surface area (Å²) in [5.74, 6) is -0.458. The second-order valence-corrected chi connectivity index (χ2v) is 9.74. The van der Waals surface area contributed by atoms with Crippen LogP contribution < -0.4 is 0 Å². The van der Waals surface area contributed by atoms with Crippen molar-refractivity contribution in [1.82, 2.24) is 0 Å². The van der Waals surface area contributed by atoms with E-state index in [9.17, 15) is 25.2 Å². The molecule has 204 valence electrons. The number of hydrogen-bond donors (Lipinski definition) is 5. The Bertz CT molecular complexity index is 447. The maximum atomic E-state index is 11.7. The quantitative estimate of drug-likeness (QED) is 0.0948. The molecule has 0 aromatic heterocycles. The molecule has 0 aromatic rings. The fourth-order valence-corrected chi connectivity index (χ4v) is 4.08. The topological polar surface area (TPSA) is 127 Å². The van der Waals surface area contributed by atoms with Crippen LogP contribution in [0.4, 0.5) is 0 Å². The van der Waals surface area contributed by atoms with Crippen molar-refractivity contribution in [3.05, 3.63) is 0 Å². The molecule has 0 radical (unpaired) electrons.